The van der Waals surface area contributed by atoms with Crippen molar-refractivity contribution in [2.45, 2.75) is 13.3 Å². The van der Waals surface area contributed by atoms with Crippen molar-refractivity contribution in [2.75, 3.05) is 5.73 Å². The van der Waals surface area contributed by atoms with Gasteiger partial charge < -0.3 is 10.7 Å². The molecule has 0 saturated heterocycles. The summed E-state index contributed by atoms with van der Waals surface area (Å²) < 4.78 is 1.64. The van der Waals surface area contributed by atoms with Gasteiger partial charge in [-0.25, -0.2) is 4.98 Å². The molecule has 0 aliphatic rings. The SMILES string of the molecule is Cc1nc2ccc(N)cc2n1C(=O)Cc1ccc2cc[nH]c2c1. The van der Waals surface area contributed by atoms with E-state index in [4.69, 9.17) is 5.73 Å². The number of carbonyl (C=O) groups excluding carboxylic acids is 1. The van der Waals surface area contributed by atoms with Crippen LogP contribution in [-0.4, -0.2) is 20.4 Å². The summed E-state index contributed by atoms with van der Waals surface area (Å²) in [6.07, 6.45) is 2.21. The number of aromatic nitrogens is 3. The minimum absolute atomic E-state index is 0.0125. The average molecular weight is 304 g/mol. The van der Waals surface area contributed by atoms with E-state index in [0.29, 0.717) is 17.9 Å². The Kier molecular flexibility index (Phi) is 2.94. The number of nitrogens with one attached hydrogen (secondary N) is 1. The summed E-state index contributed by atoms with van der Waals surface area (Å²) in [6, 6.07) is 13.5. The Morgan fingerprint density at radius 3 is 2.96 bits per heavy atom. The maximum atomic E-state index is 12.8. The van der Waals surface area contributed by atoms with Crippen molar-refractivity contribution in [1.82, 2.24) is 14.5 Å². The van der Waals surface area contributed by atoms with E-state index < -0.39 is 0 Å². The van der Waals surface area contributed by atoms with Gasteiger partial charge in [0.2, 0.25) is 5.91 Å². The standard InChI is InChI=1S/C18H16N4O/c1-11-21-15-5-4-14(19)10-17(15)22(11)18(23)9-12-2-3-13-6-7-20-16(13)8-12/h2-8,10,20H,9,19H2,1H3. The van der Waals surface area contributed by atoms with E-state index in [9.17, 15) is 4.79 Å². The molecular weight excluding hydrogens is 288 g/mol. The van der Waals surface area contributed by atoms with Gasteiger partial charge in [-0.05, 0) is 48.2 Å². The molecule has 114 valence electrons. The summed E-state index contributed by atoms with van der Waals surface area (Å²) >= 11 is 0. The minimum Gasteiger partial charge on any atom is -0.399 e. The predicted molar refractivity (Wildman–Crippen MR) is 91.5 cm³/mol. The molecule has 0 aliphatic heterocycles. The van der Waals surface area contributed by atoms with Crippen molar-refractivity contribution in [3.05, 3.63) is 60.0 Å². The van der Waals surface area contributed by atoms with Crippen LogP contribution < -0.4 is 5.73 Å². The van der Waals surface area contributed by atoms with Crippen LogP contribution in [0.1, 0.15) is 16.2 Å². The number of H-pyrrole nitrogens is 1. The number of nitrogens with zero attached hydrogens (tertiary/aromatic N) is 2. The lowest BCUT2D eigenvalue weighted by atomic mass is 10.1. The number of hydrogen-bond acceptors (Lipinski definition) is 3. The van der Waals surface area contributed by atoms with Crippen LogP contribution in [0.2, 0.25) is 0 Å². The summed E-state index contributed by atoms with van der Waals surface area (Å²) in [7, 11) is 0. The predicted octanol–water partition coefficient (Wildman–Crippen LogP) is 3.29. The molecule has 2 aromatic heterocycles. The Bertz CT molecular complexity index is 1040. The maximum absolute atomic E-state index is 12.8. The Balaban J connectivity index is 1.73. The van der Waals surface area contributed by atoms with Crippen LogP contribution >= 0.6 is 0 Å². The van der Waals surface area contributed by atoms with Crippen LogP contribution in [-0.2, 0) is 6.42 Å². The number of rotatable bonds is 2. The third kappa shape index (κ3) is 2.26. The van der Waals surface area contributed by atoms with Gasteiger partial charge in [0.1, 0.15) is 5.82 Å². The first-order chi connectivity index (χ1) is 11.1. The second-order valence-electron chi connectivity index (χ2n) is 5.71. The van der Waals surface area contributed by atoms with Crippen molar-refractivity contribution in [2.24, 2.45) is 0 Å². The highest BCUT2D eigenvalue weighted by molar-refractivity contribution is 5.93. The summed E-state index contributed by atoms with van der Waals surface area (Å²) in [6.45, 7) is 1.84. The lowest BCUT2D eigenvalue weighted by Gasteiger charge is -2.06. The van der Waals surface area contributed by atoms with Gasteiger partial charge in [0.05, 0.1) is 17.5 Å². The van der Waals surface area contributed by atoms with Crippen molar-refractivity contribution >= 4 is 33.5 Å². The molecule has 0 amide bonds. The molecule has 2 heterocycles. The van der Waals surface area contributed by atoms with Gasteiger partial charge in [-0.2, -0.15) is 0 Å². The fraction of sp³-hybridized carbons (Fsp3) is 0.111. The molecule has 0 fully saturated rings. The normalized spacial score (nSPS) is 11.3. The zero-order chi connectivity index (χ0) is 16.0. The van der Waals surface area contributed by atoms with E-state index in [1.165, 1.54) is 0 Å². The van der Waals surface area contributed by atoms with E-state index in [1.807, 2.05) is 43.5 Å². The number of imidazole rings is 1. The zero-order valence-electron chi connectivity index (χ0n) is 12.7. The third-order valence-corrected chi connectivity index (χ3v) is 4.07. The number of benzene rings is 2. The summed E-state index contributed by atoms with van der Waals surface area (Å²) in [5, 5.41) is 1.14. The van der Waals surface area contributed by atoms with Crippen molar-refractivity contribution in [3.8, 4) is 0 Å². The largest absolute Gasteiger partial charge is 0.399 e. The highest BCUT2D eigenvalue weighted by atomic mass is 16.2. The van der Waals surface area contributed by atoms with Crippen LogP contribution in [0.4, 0.5) is 5.69 Å². The lowest BCUT2D eigenvalue weighted by Crippen LogP contribution is -2.15. The quantitative estimate of drug-likeness (QED) is 0.558. The van der Waals surface area contributed by atoms with Crippen LogP contribution in [0.5, 0.6) is 0 Å². The monoisotopic (exact) mass is 304 g/mol. The van der Waals surface area contributed by atoms with Gasteiger partial charge in [0.15, 0.2) is 0 Å². The molecule has 5 heteroatoms. The molecule has 0 radical (unpaired) electrons. The fourth-order valence-electron chi connectivity index (χ4n) is 2.99. The first-order valence-electron chi connectivity index (χ1n) is 7.45. The van der Waals surface area contributed by atoms with Crippen LogP contribution in [0.15, 0.2) is 48.7 Å². The molecule has 0 unspecified atom stereocenters. The van der Waals surface area contributed by atoms with Gasteiger partial charge in [0, 0.05) is 17.4 Å². The first-order valence-corrected chi connectivity index (χ1v) is 7.45. The smallest absolute Gasteiger partial charge is 0.236 e. The molecule has 4 rings (SSSR count). The van der Waals surface area contributed by atoms with Gasteiger partial charge in [-0.3, -0.25) is 9.36 Å². The maximum Gasteiger partial charge on any atom is 0.236 e. The molecule has 4 aromatic rings. The summed E-state index contributed by atoms with van der Waals surface area (Å²) in [5.41, 5.74) is 10.0. The van der Waals surface area contributed by atoms with Crippen molar-refractivity contribution in [3.63, 3.8) is 0 Å². The second-order valence-corrected chi connectivity index (χ2v) is 5.71. The minimum atomic E-state index is -0.0125. The van der Waals surface area contributed by atoms with Crippen molar-refractivity contribution in [1.29, 1.82) is 0 Å². The number of anilines is 1. The van der Waals surface area contributed by atoms with Crippen LogP contribution in [0, 0.1) is 6.92 Å². The molecule has 3 N–H and O–H groups in total. The number of carbonyl (C=O) groups is 1. The Labute approximate surface area is 132 Å². The molecule has 0 aliphatic carbocycles. The molecule has 0 bridgehead atoms. The molecule has 2 aromatic carbocycles. The van der Waals surface area contributed by atoms with Gasteiger partial charge in [0.25, 0.3) is 0 Å². The van der Waals surface area contributed by atoms with E-state index in [2.05, 4.69) is 9.97 Å². The average Bonchev–Trinajstić information content (AvgIpc) is 3.09. The molecule has 5 nitrogen and oxygen atoms in total. The van der Waals surface area contributed by atoms with E-state index in [0.717, 1.165) is 27.5 Å². The number of hydrogen-bond donors (Lipinski definition) is 2. The molecule has 0 atom stereocenters. The highest BCUT2D eigenvalue weighted by Gasteiger charge is 2.15. The second kappa shape index (κ2) is 4.98. The van der Waals surface area contributed by atoms with E-state index in [1.54, 1.807) is 16.7 Å². The molecule has 0 spiro atoms. The Hall–Kier alpha value is -3.08. The first kappa shape index (κ1) is 13.6. The lowest BCUT2D eigenvalue weighted by molar-refractivity contribution is 0.0916. The molecule has 23 heavy (non-hydrogen) atoms. The number of nitrogen functional groups attached to an aromatic ring is 1. The third-order valence-electron chi connectivity index (χ3n) is 4.07. The molecular formula is C18H16N4O. The van der Waals surface area contributed by atoms with Gasteiger partial charge in [-0.15, -0.1) is 0 Å². The van der Waals surface area contributed by atoms with Crippen LogP contribution in [0.25, 0.3) is 21.9 Å². The van der Waals surface area contributed by atoms with Crippen molar-refractivity contribution < 1.29 is 4.79 Å². The number of fused-ring (bicyclic) bond motifs is 2. The highest BCUT2D eigenvalue weighted by Crippen LogP contribution is 2.20. The number of aryl methyl sites for hydroxylation is 1. The topological polar surface area (TPSA) is 76.7 Å². The van der Waals surface area contributed by atoms with E-state index >= 15 is 0 Å². The summed E-state index contributed by atoms with van der Waals surface area (Å²) in [4.78, 5) is 20.4. The Morgan fingerprint density at radius 2 is 2.09 bits per heavy atom. The van der Waals surface area contributed by atoms with Gasteiger partial charge in [-0.1, -0.05) is 12.1 Å². The number of aromatic amines is 1. The van der Waals surface area contributed by atoms with E-state index in [-0.39, 0.29) is 5.91 Å². The Morgan fingerprint density at radius 1 is 1.22 bits per heavy atom. The summed E-state index contributed by atoms with van der Waals surface area (Å²) in [5.74, 6) is 0.665. The van der Waals surface area contributed by atoms with Gasteiger partial charge >= 0.3 is 0 Å². The fourth-order valence-corrected chi connectivity index (χ4v) is 2.99. The molecule has 0 saturated carbocycles. The number of nitrogens with two attached hydrogens (primary N) is 1. The van der Waals surface area contributed by atoms with Crippen LogP contribution in [0.3, 0.4) is 0 Å². The zero-order valence-corrected chi connectivity index (χ0v) is 12.7.